The first kappa shape index (κ1) is 13.1. The summed E-state index contributed by atoms with van der Waals surface area (Å²) in [6, 6.07) is 7.55. The third-order valence-electron chi connectivity index (χ3n) is 5.46. The van der Waals surface area contributed by atoms with Crippen molar-refractivity contribution in [2.24, 2.45) is 5.92 Å². The maximum absolute atomic E-state index is 3.90. The number of fused-ring (bicyclic) bond motifs is 2. The van der Waals surface area contributed by atoms with Gasteiger partial charge in [-0.1, -0.05) is 25.1 Å². The lowest BCUT2D eigenvalue weighted by Gasteiger charge is -2.44. The second-order valence-corrected chi connectivity index (χ2v) is 7.00. The normalized spacial score (nSPS) is 28.6. The van der Waals surface area contributed by atoms with E-state index in [0.29, 0.717) is 12.0 Å². The molecule has 0 radical (unpaired) electrons. The van der Waals surface area contributed by atoms with Crippen LogP contribution in [0.15, 0.2) is 37.1 Å². The minimum absolute atomic E-state index is 0.680. The molecule has 2 aromatic rings. The Morgan fingerprint density at radius 1 is 1.38 bits per heavy atom. The minimum atomic E-state index is 0.680. The van der Waals surface area contributed by atoms with Gasteiger partial charge >= 0.3 is 0 Å². The van der Waals surface area contributed by atoms with Gasteiger partial charge in [0.05, 0.1) is 0 Å². The fraction of sp³-hybridized carbons (Fsp3) is 0.474. The number of nitrogens with zero attached hydrogens (tertiary/aromatic N) is 2. The Labute approximate surface area is 127 Å². The molecule has 4 rings (SSSR count). The molecule has 1 aromatic carbocycles. The molecular weight excluding hydrogens is 256 g/mol. The van der Waals surface area contributed by atoms with Gasteiger partial charge in [0.1, 0.15) is 0 Å². The van der Waals surface area contributed by atoms with Crippen molar-refractivity contribution in [1.29, 1.82) is 0 Å². The summed E-state index contributed by atoms with van der Waals surface area (Å²) in [5, 5.41) is 1.53. The van der Waals surface area contributed by atoms with Crippen LogP contribution < -0.4 is 0 Å². The largest absolute Gasteiger partial charge is 0.343 e. The third-order valence-corrected chi connectivity index (χ3v) is 5.46. The number of rotatable bonds is 2. The topological polar surface area (TPSA) is 8.17 Å². The second-order valence-electron chi connectivity index (χ2n) is 7.00. The highest BCUT2D eigenvalue weighted by atomic mass is 15.1. The summed E-state index contributed by atoms with van der Waals surface area (Å²) in [7, 11) is 2.30. The maximum atomic E-state index is 3.90. The van der Waals surface area contributed by atoms with Crippen LogP contribution in [0.5, 0.6) is 0 Å². The van der Waals surface area contributed by atoms with Crippen LogP contribution in [-0.4, -0.2) is 29.1 Å². The van der Waals surface area contributed by atoms with Crippen molar-refractivity contribution in [3.8, 4) is 0 Å². The third kappa shape index (κ3) is 1.89. The van der Waals surface area contributed by atoms with Gasteiger partial charge in [0.2, 0.25) is 0 Å². The Morgan fingerprint density at radius 3 is 3.05 bits per heavy atom. The Bertz CT molecular complexity index is 697. The Kier molecular flexibility index (Phi) is 2.97. The van der Waals surface area contributed by atoms with Crippen LogP contribution in [0.3, 0.4) is 0 Å². The molecular formula is C19H24N2. The molecule has 1 saturated heterocycles. The fourth-order valence-corrected chi connectivity index (χ4v) is 4.68. The molecule has 110 valence electrons. The van der Waals surface area contributed by atoms with Gasteiger partial charge in [0.15, 0.2) is 0 Å². The van der Waals surface area contributed by atoms with Crippen molar-refractivity contribution in [3.05, 3.63) is 48.2 Å². The van der Waals surface area contributed by atoms with Gasteiger partial charge in [0, 0.05) is 42.1 Å². The quantitative estimate of drug-likeness (QED) is 0.760. The molecule has 0 amide bonds. The SMILES string of the molecule is C=CCn1cc2c3c(cccc31)[C@H]1C[C@@H](C)CN(C)[C@@H]1C2. The van der Waals surface area contributed by atoms with E-state index in [4.69, 9.17) is 0 Å². The van der Waals surface area contributed by atoms with Gasteiger partial charge < -0.3 is 9.47 Å². The lowest BCUT2D eigenvalue weighted by molar-refractivity contribution is 0.119. The lowest BCUT2D eigenvalue weighted by Crippen LogP contribution is -2.47. The average molecular weight is 280 g/mol. The number of piperidine rings is 1. The molecule has 21 heavy (non-hydrogen) atoms. The van der Waals surface area contributed by atoms with Gasteiger partial charge in [-0.25, -0.2) is 0 Å². The van der Waals surface area contributed by atoms with E-state index >= 15 is 0 Å². The molecule has 2 heteroatoms. The van der Waals surface area contributed by atoms with E-state index in [1.807, 2.05) is 6.08 Å². The second kappa shape index (κ2) is 4.74. The predicted octanol–water partition coefficient (Wildman–Crippen LogP) is 3.81. The zero-order valence-electron chi connectivity index (χ0n) is 13.0. The molecule has 1 aliphatic heterocycles. The zero-order valence-corrected chi connectivity index (χ0v) is 13.0. The lowest BCUT2D eigenvalue weighted by atomic mass is 9.73. The average Bonchev–Trinajstić information content (AvgIpc) is 2.81. The smallest absolute Gasteiger partial charge is 0.0489 e. The van der Waals surface area contributed by atoms with E-state index in [-0.39, 0.29) is 0 Å². The minimum Gasteiger partial charge on any atom is -0.343 e. The molecule has 1 aliphatic carbocycles. The van der Waals surface area contributed by atoms with E-state index in [1.165, 1.54) is 35.9 Å². The van der Waals surface area contributed by atoms with Crippen molar-refractivity contribution in [2.75, 3.05) is 13.6 Å². The van der Waals surface area contributed by atoms with E-state index in [1.54, 1.807) is 5.56 Å². The van der Waals surface area contributed by atoms with Crippen LogP contribution in [0.1, 0.15) is 30.4 Å². The molecule has 0 bridgehead atoms. The molecule has 0 N–H and O–H groups in total. The standard InChI is InChI=1S/C19H24N2/c1-4-8-21-12-14-10-18-16(9-13(2)11-20(18)3)15-6-5-7-17(21)19(14)15/h4-7,12-13,16,18H,1,8-11H2,2-3H3/t13-,16-,18-/m1/s1. The van der Waals surface area contributed by atoms with Crippen molar-refractivity contribution in [1.82, 2.24) is 9.47 Å². The molecule has 1 aromatic heterocycles. The first-order valence-electron chi connectivity index (χ1n) is 8.10. The number of hydrogen-bond donors (Lipinski definition) is 0. The van der Waals surface area contributed by atoms with Crippen LogP contribution >= 0.6 is 0 Å². The highest BCUT2D eigenvalue weighted by Crippen LogP contribution is 2.44. The number of allylic oxidation sites excluding steroid dienone is 1. The first-order chi connectivity index (χ1) is 10.2. The number of hydrogen-bond acceptors (Lipinski definition) is 1. The molecule has 2 aliphatic rings. The number of benzene rings is 1. The van der Waals surface area contributed by atoms with Gasteiger partial charge in [-0.05, 0) is 43.0 Å². The molecule has 0 spiro atoms. The van der Waals surface area contributed by atoms with Crippen molar-refractivity contribution < 1.29 is 0 Å². The van der Waals surface area contributed by atoms with E-state index in [0.717, 1.165) is 12.5 Å². The summed E-state index contributed by atoms with van der Waals surface area (Å²) < 4.78 is 2.36. The zero-order chi connectivity index (χ0) is 14.6. The predicted molar refractivity (Wildman–Crippen MR) is 88.8 cm³/mol. The first-order valence-corrected chi connectivity index (χ1v) is 8.10. The molecule has 2 heterocycles. The fourth-order valence-electron chi connectivity index (χ4n) is 4.68. The van der Waals surface area contributed by atoms with Crippen molar-refractivity contribution in [3.63, 3.8) is 0 Å². The van der Waals surface area contributed by atoms with Crippen LogP contribution in [0, 0.1) is 5.92 Å². The summed E-state index contributed by atoms with van der Waals surface area (Å²) in [4.78, 5) is 2.59. The molecule has 0 unspecified atom stereocenters. The summed E-state index contributed by atoms with van der Waals surface area (Å²) in [5.41, 5.74) is 4.51. The molecule has 2 nitrogen and oxygen atoms in total. The van der Waals surface area contributed by atoms with Crippen LogP contribution in [0.2, 0.25) is 0 Å². The summed E-state index contributed by atoms with van der Waals surface area (Å²) in [6.45, 7) is 8.44. The van der Waals surface area contributed by atoms with Crippen LogP contribution in [-0.2, 0) is 13.0 Å². The molecule has 0 saturated carbocycles. The van der Waals surface area contributed by atoms with Crippen LogP contribution in [0.25, 0.3) is 10.9 Å². The highest BCUT2D eigenvalue weighted by molar-refractivity contribution is 5.89. The summed E-state index contributed by atoms with van der Waals surface area (Å²) in [6.07, 6.45) is 6.89. The molecule has 1 fully saturated rings. The van der Waals surface area contributed by atoms with E-state index in [9.17, 15) is 0 Å². The number of aromatic nitrogens is 1. The van der Waals surface area contributed by atoms with Crippen molar-refractivity contribution in [2.45, 2.75) is 38.3 Å². The monoisotopic (exact) mass is 280 g/mol. The van der Waals surface area contributed by atoms with Gasteiger partial charge in [-0.2, -0.15) is 0 Å². The Balaban J connectivity index is 1.90. The highest BCUT2D eigenvalue weighted by Gasteiger charge is 2.38. The van der Waals surface area contributed by atoms with Gasteiger partial charge in [-0.3, -0.25) is 0 Å². The van der Waals surface area contributed by atoms with Gasteiger partial charge in [0.25, 0.3) is 0 Å². The maximum Gasteiger partial charge on any atom is 0.0489 e. The number of likely N-dealkylation sites (N-methyl/N-ethyl adjacent to an activating group) is 1. The van der Waals surface area contributed by atoms with Crippen molar-refractivity contribution >= 4 is 10.9 Å². The van der Waals surface area contributed by atoms with E-state index < -0.39 is 0 Å². The summed E-state index contributed by atoms with van der Waals surface area (Å²) >= 11 is 0. The molecule has 3 atom stereocenters. The van der Waals surface area contributed by atoms with E-state index in [2.05, 4.69) is 54.4 Å². The Morgan fingerprint density at radius 2 is 2.24 bits per heavy atom. The number of likely N-dealkylation sites (tertiary alicyclic amines) is 1. The van der Waals surface area contributed by atoms with Gasteiger partial charge in [-0.15, -0.1) is 6.58 Å². The Hall–Kier alpha value is -1.54. The van der Waals surface area contributed by atoms with Crippen LogP contribution in [0.4, 0.5) is 0 Å². The summed E-state index contributed by atoms with van der Waals surface area (Å²) in [5.74, 6) is 1.50.